The lowest BCUT2D eigenvalue weighted by Crippen LogP contribution is -2.35. The Hall–Kier alpha value is -2.65. The number of nitrogens with one attached hydrogen (secondary N) is 1. The molecule has 1 N–H and O–H groups in total. The summed E-state index contributed by atoms with van der Waals surface area (Å²) in [7, 11) is -0.0435. The van der Waals surface area contributed by atoms with Crippen LogP contribution in [-0.4, -0.2) is 52.0 Å². The summed E-state index contributed by atoms with van der Waals surface area (Å²) in [6.07, 6.45) is 2.09. The topological polar surface area (TPSA) is 95.8 Å². The monoisotopic (exact) mass is 446 g/mol. The van der Waals surface area contributed by atoms with Crippen LogP contribution in [0.25, 0.3) is 0 Å². The summed E-state index contributed by atoms with van der Waals surface area (Å²) in [5, 5.41) is 11.7. The van der Waals surface area contributed by atoms with Crippen molar-refractivity contribution >= 4 is 27.1 Å². The van der Waals surface area contributed by atoms with Crippen molar-refractivity contribution in [2.24, 2.45) is 5.92 Å². The molecule has 1 heterocycles. The molecule has 0 aromatic heterocycles. The third kappa shape index (κ3) is 5.54. The van der Waals surface area contributed by atoms with Gasteiger partial charge in [0.05, 0.1) is 15.5 Å². The third-order valence-corrected chi connectivity index (χ3v) is 7.22. The fourth-order valence-corrected chi connectivity index (χ4v) is 5.15. The summed E-state index contributed by atoms with van der Waals surface area (Å²) in [5.74, 6) is 0.454. The average molecular weight is 447 g/mol. The number of sulfonamides is 1. The fourth-order valence-electron chi connectivity index (χ4n) is 4.00. The first-order valence-corrected chi connectivity index (χ1v) is 11.8. The van der Waals surface area contributed by atoms with E-state index in [1.54, 1.807) is 6.07 Å². The molecular weight excluding hydrogens is 416 g/mol. The Labute approximate surface area is 184 Å². The predicted octanol–water partition coefficient (Wildman–Crippen LogP) is 3.79. The number of anilines is 2. The molecule has 0 atom stereocenters. The number of nitrogens with zero attached hydrogens (tertiary/aromatic N) is 3. The Bertz CT molecular complexity index is 1060. The van der Waals surface area contributed by atoms with Gasteiger partial charge >= 0.3 is 0 Å². The molecule has 1 aliphatic rings. The molecule has 1 aliphatic heterocycles. The normalized spacial score (nSPS) is 15.6. The highest BCUT2D eigenvalue weighted by Gasteiger charge is 2.26. The van der Waals surface area contributed by atoms with Gasteiger partial charge in [0.25, 0.3) is 15.7 Å². The number of hydrogen-bond acceptors (Lipinski definition) is 6. The summed E-state index contributed by atoms with van der Waals surface area (Å²) in [6.45, 7) is 6.47. The van der Waals surface area contributed by atoms with Crippen LogP contribution < -0.4 is 9.62 Å². The summed E-state index contributed by atoms with van der Waals surface area (Å²) in [5.41, 5.74) is 2.48. The van der Waals surface area contributed by atoms with E-state index in [2.05, 4.69) is 16.7 Å². The molecule has 1 fully saturated rings. The minimum Gasteiger partial charge on any atom is -0.369 e. The lowest BCUT2D eigenvalue weighted by atomic mass is 9.96. The van der Waals surface area contributed by atoms with Crippen LogP contribution >= 0.6 is 0 Å². The molecule has 0 amide bonds. The molecule has 0 saturated carbocycles. The quantitative estimate of drug-likeness (QED) is 0.514. The molecule has 1 saturated heterocycles. The van der Waals surface area contributed by atoms with Crippen LogP contribution in [0, 0.1) is 29.9 Å². The number of piperidine rings is 1. The van der Waals surface area contributed by atoms with Crippen LogP contribution in [-0.2, 0) is 10.0 Å². The fraction of sp³-hybridized carbons (Fsp3) is 0.455. The van der Waals surface area contributed by atoms with Crippen LogP contribution in [0.4, 0.5) is 17.1 Å². The number of likely N-dealkylation sites (tertiary alicyclic amines) is 1. The highest BCUT2D eigenvalue weighted by molar-refractivity contribution is 7.92. The molecule has 8 nitrogen and oxygen atoms in total. The van der Waals surface area contributed by atoms with Crippen LogP contribution in [0.2, 0.25) is 0 Å². The summed E-state index contributed by atoms with van der Waals surface area (Å²) in [4.78, 5) is 15.2. The smallest absolute Gasteiger partial charge is 0.293 e. The lowest BCUT2D eigenvalue weighted by molar-refractivity contribution is -0.384. The summed E-state index contributed by atoms with van der Waals surface area (Å²) >= 11 is 0. The van der Waals surface area contributed by atoms with E-state index < -0.39 is 14.9 Å². The van der Waals surface area contributed by atoms with Crippen LogP contribution in [0.1, 0.15) is 24.0 Å². The second-order valence-electron chi connectivity index (χ2n) is 8.46. The average Bonchev–Trinajstić information content (AvgIpc) is 2.71. The first kappa shape index (κ1) is 23.0. The predicted molar refractivity (Wildman–Crippen MR) is 123 cm³/mol. The molecule has 0 bridgehead atoms. The number of nitro benzene ring substituents is 1. The standard InChI is InChI=1S/C22H30N4O4S/c1-16-5-7-20(17(2)13-16)23-31(29,30)19-6-8-21(22(14-19)26(27)28)25(4)15-18-9-11-24(3)12-10-18/h5-8,13-14,18,23H,9-12,15H2,1-4H3. The van der Waals surface area contributed by atoms with Crippen molar-refractivity contribution in [3.8, 4) is 0 Å². The highest BCUT2D eigenvalue weighted by Crippen LogP contribution is 2.32. The SMILES string of the molecule is Cc1ccc(NS(=O)(=O)c2ccc(N(C)CC3CCN(C)CC3)c([N+](=O)[O-])c2)c(C)c1. The van der Waals surface area contributed by atoms with E-state index in [0.29, 0.717) is 23.8 Å². The molecule has 2 aromatic rings. The maximum atomic E-state index is 12.9. The lowest BCUT2D eigenvalue weighted by Gasteiger charge is -2.32. The molecule has 2 aromatic carbocycles. The van der Waals surface area contributed by atoms with E-state index in [4.69, 9.17) is 0 Å². The first-order valence-electron chi connectivity index (χ1n) is 10.3. The minimum absolute atomic E-state index is 0.129. The van der Waals surface area contributed by atoms with E-state index in [1.807, 2.05) is 37.9 Å². The van der Waals surface area contributed by atoms with Crippen LogP contribution in [0.5, 0.6) is 0 Å². The van der Waals surface area contributed by atoms with E-state index in [-0.39, 0.29) is 10.6 Å². The molecule has 0 aliphatic carbocycles. The van der Waals surface area contributed by atoms with Gasteiger partial charge in [-0.1, -0.05) is 17.7 Å². The molecule has 0 radical (unpaired) electrons. The van der Waals surface area contributed by atoms with Gasteiger partial charge in [0.2, 0.25) is 0 Å². The van der Waals surface area contributed by atoms with Gasteiger partial charge < -0.3 is 9.80 Å². The van der Waals surface area contributed by atoms with Crippen molar-refractivity contribution in [1.29, 1.82) is 0 Å². The molecule has 31 heavy (non-hydrogen) atoms. The van der Waals surface area contributed by atoms with Gasteiger partial charge in [-0.2, -0.15) is 0 Å². The Balaban J connectivity index is 1.84. The minimum atomic E-state index is -3.96. The molecule has 9 heteroatoms. The zero-order chi connectivity index (χ0) is 22.8. The number of rotatable bonds is 7. The largest absolute Gasteiger partial charge is 0.369 e. The zero-order valence-electron chi connectivity index (χ0n) is 18.5. The second-order valence-corrected chi connectivity index (χ2v) is 10.1. The maximum absolute atomic E-state index is 12.9. The van der Waals surface area contributed by atoms with Crippen LogP contribution in [0.3, 0.4) is 0 Å². The summed E-state index contributed by atoms with van der Waals surface area (Å²) in [6, 6.07) is 9.49. The number of hydrogen-bond donors (Lipinski definition) is 1. The second kappa shape index (κ2) is 9.23. The van der Waals surface area contributed by atoms with Crippen molar-refractivity contribution in [3.63, 3.8) is 0 Å². The Morgan fingerprint density at radius 3 is 2.45 bits per heavy atom. The van der Waals surface area contributed by atoms with Crippen molar-refractivity contribution < 1.29 is 13.3 Å². The number of benzene rings is 2. The van der Waals surface area contributed by atoms with E-state index in [1.165, 1.54) is 12.1 Å². The number of nitro groups is 1. The molecule has 3 rings (SSSR count). The number of aryl methyl sites for hydroxylation is 2. The molecular formula is C22H30N4O4S. The van der Waals surface area contributed by atoms with Gasteiger partial charge in [-0.25, -0.2) is 8.42 Å². The van der Waals surface area contributed by atoms with Gasteiger partial charge in [-0.3, -0.25) is 14.8 Å². The maximum Gasteiger partial charge on any atom is 0.293 e. The van der Waals surface area contributed by atoms with Gasteiger partial charge in [-0.05, 0) is 76.5 Å². The Kier molecular flexibility index (Phi) is 6.86. The van der Waals surface area contributed by atoms with E-state index >= 15 is 0 Å². The molecule has 0 spiro atoms. The molecule has 0 unspecified atom stereocenters. The van der Waals surface area contributed by atoms with Crippen molar-refractivity contribution in [1.82, 2.24) is 4.90 Å². The molecule has 168 valence electrons. The van der Waals surface area contributed by atoms with Gasteiger partial charge in [0.15, 0.2) is 0 Å². The van der Waals surface area contributed by atoms with Crippen LogP contribution in [0.15, 0.2) is 41.3 Å². The Morgan fingerprint density at radius 2 is 1.84 bits per heavy atom. The van der Waals surface area contributed by atoms with E-state index in [0.717, 1.165) is 43.1 Å². The van der Waals surface area contributed by atoms with Crippen molar-refractivity contribution in [3.05, 3.63) is 57.6 Å². The van der Waals surface area contributed by atoms with Crippen molar-refractivity contribution in [2.45, 2.75) is 31.6 Å². The first-order chi connectivity index (χ1) is 14.6. The van der Waals surface area contributed by atoms with Gasteiger partial charge in [-0.15, -0.1) is 0 Å². The van der Waals surface area contributed by atoms with E-state index in [9.17, 15) is 18.5 Å². The Morgan fingerprint density at radius 1 is 1.16 bits per heavy atom. The highest BCUT2D eigenvalue weighted by atomic mass is 32.2. The third-order valence-electron chi connectivity index (χ3n) is 5.86. The van der Waals surface area contributed by atoms with Gasteiger partial charge in [0, 0.05) is 19.7 Å². The summed E-state index contributed by atoms with van der Waals surface area (Å²) < 4.78 is 28.3. The van der Waals surface area contributed by atoms with Gasteiger partial charge in [0.1, 0.15) is 5.69 Å². The zero-order valence-corrected chi connectivity index (χ0v) is 19.3. The van der Waals surface area contributed by atoms with Crippen molar-refractivity contribution in [2.75, 3.05) is 43.4 Å².